The number of sulfonamides is 1. The first-order valence-corrected chi connectivity index (χ1v) is 12.6. The molecule has 5 nitrogen and oxygen atoms in total. The van der Waals surface area contributed by atoms with E-state index in [1.807, 2.05) is 26.0 Å². The van der Waals surface area contributed by atoms with Gasteiger partial charge in [0.2, 0.25) is 10.0 Å². The number of pyridine rings is 1. The van der Waals surface area contributed by atoms with Crippen molar-refractivity contribution in [3.8, 4) is 0 Å². The number of aromatic amines is 1. The molecular weight excluding hydrogens is 498 g/mol. The van der Waals surface area contributed by atoms with E-state index in [1.165, 1.54) is 0 Å². The number of halogens is 3. The van der Waals surface area contributed by atoms with Crippen molar-refractivity contribution in [2.24, 2.45) is 0 Å². The van der Waals surface area contributed by atoms with Gasteiger partial charge < -0.3 is 4.98 Å². The van der Waals surface area contributed by atoms with E-state index in [0.29, 0.717) is 16.1 Å². The number of H-pyrrole nitrogens is 1. The summed E-state index contributed by atoms with van der Waals surface area (Å²) >= 11 is 11.8. The number of hydrogen-bond acceptors (Lipinski definition) is 3. The Balaban J connectivity index is 1.80. The summed E-state index contributed by atoms with van der Waals surface area (Å²) in [5, 5.41) is 1.01. The van der Waals surface area contributed by atoms with Crippen LogP contribution in [-0.4, -0.2) is 17.7 Å². The number of aromatic nitrogens is 1. The fourth-order valence-electron chi connectivity index (χ4n) is 3.64. The Bertz CT molecular complexity index is 1550. The standard InChI is InChI=1S/C25H21Cl2FN2O3S/c1-15-9-18-11-19(25(31)29-24(18)10-16(15)2)14-30(13-17-3-5-20(26)6-4-17)34(32,33)21-7-8-23(28)22(27)12-21/h3-12H,13-14H2,1-2H3,(H,29,31). The third kappa shape index (κ3) is 5.03. The van der Waals surface area contributed by atoms with Gasteiger partial charge in [-0.3, -0.25) is 4.79 Å². The molecule has 0 atom stereocenters. The first-order valence-electron chi connectivity index (χ1n) is 10.4. The minimum absolute atomic E-state index is 0.0289. The van der Waals surface area contributed by atoms with Gasteiger partial charge in [-0.1, -0.05) is 35.3 Å². The Kier molecular flexibility index (Phi) is 6.82. The van der Waals surface area contributed by atoms with Crippen LogP contribution in [0.2, 0.25) is 10.0 Å². The lowest BCUT2D eigenvalue weighted by Crippen LogP contribution is -2.32. The van der Waals surface area contributed by atoms with Gasteiger partial charge in [0.05, 0.1) is 9.92 Å². The highest BCUT2D eigenvalue weighted by Gasteiger charge is 2.27. The Hall–Kier alpha value is -2.71. The van der Waals surface area contributed by atoms with Crippen molar-refractivity contribution in [3.63, 3.8) is 0 Å². The SMILES string of the molecule is Cc1cc2cc(CN(Cc3ccc(Cl)cc3)S(=O)(=O)c3ccc(F)c(Cl)c3)c(=O)[nH]c2cc1C. The van der Waals surface area contributed by atoms with Gasteiger partial charge >= 0.3 is 0 Å². The normalized spacial score (nSPS) is 11.9. The zero-order valence-corrected chi connectivity index (χ0v) is 20.7. The summed E-state index contributed by atoms with van der Waals surface area (Å²) in [6, 6.07) is 15.5. The molecule has 4 rings (SSSR count). The maximum Gasteiger partial charge on any atom is 0.252 e. The monoisotopic (exact) mass is 518 g/mol. The van der Waals surface area contributed by atoms with Crippen molar-refractivity contribution in [2.45, 2.75) is 31.8 Å². The van der Waals surface area contributed by atoms with Crippen molar-refractivity contribution in [1.82, 2.24) is 9.29 Å². The largest absolute Gasteiger partial charge is 0.322 e. The summed E-state index contributed by atoms with van der Waals surface area (Å²) in [7, 11) is -4.14. The number of aryl methyl sites for hydroxylation is 2. The highest BCUT2D eigenvalue weighted by molar-refractivity contribution is 7.89. The van der Waals surface area contributed by atoms with Crippen molar-refractivity contribution in [1.29, 1.82) is 0 Å². The van der Waals surface area contributed by atoms with Crippen molar-refractivity contribution < 1.29 is 12.8 Å². The molecular formula is C25H21Cl2FN2O3S. The Morgan fingerprint density at radius 2 is 1.59 bits per heavy atom. The van der Waals surface area contributed by atoms with Crippen LogP contribution in [0.5, 0.6) is 0 Å². The van der Waals surface area contributed by atoms with Gasteiger partial charge in [-0.25, -0.2) is 12.8 Å². The molecule has 1 N–H and O–H groups in total. The molecule has 176 valence electrons. The van der Waals surface area contributed by atoms with Gasteiger partial charge in [0.25, 0.3) is 5.56 Å². The molecule has 4 aromatic rings. The highest BCUT2D eigenvalue weighted by Crippen LogP contribution is 2.26. The first-order chi connectivity index (χ1) is 16.0. The summed E-state index contributed by atoms with van der Waals surface area (Å²) in [6.45, 7) is 3.70. The molecule has 0 unspecified atom stereocenters. The maximum atomic E-state index is 13.7. The Morgan fingerprint density at radius 3 is 2.26 bits per heavy atom. The number of benzene rings is 3. The van der Waals surface area contributed by atoms with Crippen molar-refractivity contribution in [2.75, 3.05) is 0 Å². The summed E-state index contributed by atoms with van der Waals surface area (Å²) in [4.78, 5) is 15.5. The number of rotatable bonds is 6. The fraction of sp³-hybridized carbons (Fsp3) is 0.160. The van der Waals surface area contributed by atoms with Crippen LogP contribution in [0.4, 0.5) is 4.39 Å². The van der Waals surface area contributed by atoms with Crippen LogP contribution in [0, 0.1) is 19.7 Å². The van der Waals surface area contributed by atoms with E-state index in [1.54, 1.807) is 30.3 Å². The van der Waals surface area contributed by atoms with Gasteiger partial charge in [-0.05, 0) is 84.5 Å². The van der Waals surface area contributed by atoms with Crippen LogP contribution in [0.3, 0.4) is 0 Å². The summed E-state index contributed by atoms with van der Waals surface area (Å²) in [5.41, 5.74) is 3.33. The third-order valence-electron chi connectivity index (χ3n) is 5.68. The minimum atomic E-state index is -4.14. The predicted octanol–water partition coefficient (Wildman–Crippen LogP) is 5.98. The molecule has 0 aliphatic carbocycles. The molecule has 9 heteroatoms. The van der Waals surface area contributed by atoms with Gasteiger partial charge in [-0.15, -0.1) is 0 Å². The predicted molar refractivity (Wildman–Crippen MR) is 133 cm³/mol. The zero-order valence-electron chi connectivity index (χ0n) is 18.4. The molecule has 0 aliphatic rings. The van der Waals surface area contributed by atoms with E-state index in [9.17, 15) is 17.6 Å². The lowest BCUT2D eigenvalue weighted by atomic mass is 10.0. The van der Waals surface area contributed by atoms with Crippen LogP contribution in [0.15, 0.2) is 70.4 Å². The summed E-state index contributed by atoms with van der Waals surface area (Å²) < 4.78 is 42.0. The average molecular weight is 519 g/mol. The average Bonchev–Trinajstić information content (AvgIpc) is 2.78. The van der Waals surface area contributed by atoms with Gasteiger partial charge in [0.1, 0.15) is 5.82 Å². The molecule has 1 heterocycles. The second-order valence-corrected chi connectivity index (χ2v) is 10.9. The van der Waals surface area contributed by atoms with E-state index in [-0.39, 0.29) is 34.1 Å². The zero-order chi connectivity index (χ0) is 24.6. The third-order valence-corrected chi connectivity index (χ3v) is 8.01. The van der Waals surface area contributed by atoms with E-state index in [2.05, 4.69) is 4.98 Å². The van der Waals surface area contributed by atoms with E-state index in [0.717, 1.165) is 39.0 Å². The molecule has 34 heavy (non-hydrogen) atoms. The fourth-order valence-corrected chi connectivity index (χ4v) is 5.44. The molecule has 0 amide bonds. The quantitative estimate of drug-likeness (QED) is 0.341. The van der Waals surface area contributed by atoms with E-state index >= 15 is 0 Å². The highest BCUT2D eigenvalue weighted by atomic mass is 35.5. The van der Waals surface area contributed by atoms with Gasteiger partial charge in [-0.2, -0.15) is 4.31 Å². The topological polar surface area (TPSA) is 70.2 Å². The number of fused-ring (bicyclic) bond motifs is 1. The number of nitrogens with one attached hydrogen (secondary N) is 1. The second-order valence-electron chi connectivity index (χ2n) is 8.12. The number of hydrogen-bond donors (Lipinski definition) is 1. The molecule has 0 spiro atoms. The second kappa shape index (κ2) is 9.50. The molecule has 0 aliphatic heterocycles. The first kappa shape index (κ1) is 24.4. The molecule has 0 saturated heterocycles. The van der Waals surface area contributed by atoms with Crippen LogP contribution in [0.1, 0.15) is 22.3 Å². The lowest BCUT2D eigenvalue weighted by Gasteiger charge is -2.23. The van der Waals surface area contributed by atoms with E-state index in [4.69, 9.17) is 23.2 Å². The number of nitrogens with zero attached hydrogens (tertiary/aromatic N) is 1. The molecule has 0 bridgehead atoms. The van der Waals surface area contributed by atoms with Crippen molar-refractivity contribution in [3.05, 3.63) is 109 Å². The Labute approximate surface area is 206 Å². The molecule has 0 radical (unpaired) electrons. The lowest BCUT2D eigenvalue weighted by molar-refractivity contribution is 0.400. The van der Waals surface area contributed by atoms with Crippen LogP contribution in [-0.2, 0) is 23.1 Å². The smallest absolute Gasteiger partial charge is 0.252 e. The Morgan fingerprint density at radius 1 is 0.912 bits per heavy atom. The molecule has 1 aromatic heterocycles. The molecule has 0 fully saturated rings. The van der Waals surface area contributed by atoms with Crippen LogP contribution < -0.4 is 5.56 Å². The summed E-state index contributed by atoms with van der Waals surface area (Å²) in [5.74, 6) is -0.721. The van der Waals surface area contributed by atoms with Crippen LogP contribution >= 0.6 is 23.2 Å². The molecule has 0 saturated carbocycles. The van der Waals surface area contributed by atoms with Gasteiger partial charge in [0, 0.05) is 29.2 Å². The summed E-state index contributed by atoms with van der Waals surface area (Å²) in [6.07, 6.45) is 0. The molecule has 3 aromatic carbocycles. The van der Waals surface area contributed by atoms with Crippen LogP contribution in [0.25, 0.3) is 10.9 Å². The van der Waals surface area contributed by atoms with Crippen molar-refractivity contribution >= 4 is 44.1 Å². The van der Waals surface area contributed by atoms with E-state index < -0.39 is 15.8 Å². The maximum absolute atomic E-state index is 13.7. The minimum Gasteiger partial charge on any atom is -0.322 e. The van der Waals surface area contributed by atoms with Gasteiger partial charge in [0.15, 0.2) is 0 Å².